The molecule has 8 heteroatoms. The number of guanidine groups is 1. The molecule has 0 aliphatic heterocycles. The van der Waals surface area contributed by atoms with Crippen molar-refractivity contribution >= 4 is 29.9 Å². The first-order valence-electron chi connectivity index (χ1n) is 8.00. The fourth-order valence-corrected chi connectivity index (χ4v) is 2.89. The molecule has 0 aromatic rings. The van der Waals surface area contributed by atoms with Gasteiger partial charge in [-0.25, -0.2) is 0 Å². The highest BCUT2D eigenvalue weighted by Gasteiger charge is 2.33. The maximum atomic E-state index is 12.2. The van der Waals surface area contributed by atoms with Gasteiger partial charge in [-0.2, -0.15) is 13.2 Å². The Morgan fingerprint density at radius 3 is 2.39 bits per heavy atom. The fraction of sp³-hybridized carbons (Fsp3) is 0.933. The van der Waals surface area contributed by atoms with Crippen molar-refractivity contribution in [2.45, 2.75) is 51.6 Å². The predicted molar refractivity (Wildman–Crippen MR) is 97.5 cm³/mol. The van der Waals surface area contributed by atoms with Crippen LogP contribution in [0, 0.1) is 5.41 Å². The summed E-state index contributed by atoms with van der Waals surface area (Å²) in [6, 6.07) is 0. The van der Waals surface area contributed by atoms with E-state index >= 15 is 0 Å². The van der Waals surface area contributed by atoms with E-state index in [0.29, 0.717) is 12.6 Å². The second-order valence-corrected chi connectivity index (χ2v) is 5.87. The molecule has 0 unspecified atom stereocenters. The minimum Gasteiger partial charge on any atom is -0.382 e. The van der Waals surface area contributed by atoms with Crippen molar-refractivity contribution in [2.24, 2.45) is 10.4 Å². The summed E-state index contributed by atoms with van der Waals surface area (Å²) < 4.78 is 41.9. The van der Waals surface area contributed by atoms with Crippen LogP contribution in [0.3, 0.4) is 0 Å². The smallest absolute Gasteiger partial charge is 0.382 e. The number of hydrogen-bond donors (Lipinski definition) is 2. The van der Waals surface area contributed by atoms with Crippen LogP contribution in [-0.2, 0) is 4.74 Å². The summed E-state index contributed by atoms with van der Waals surface area (Å²) >= 11 is 0. The lowest BCUT2D eigenvalue weighted by molar-refractivity contribution is -0.132. The molecule has 1 rings (SSSR count). The highest BCUT2D eigenvalue weighted by Crippen LogP contribution is 2.40. The molecule has 23 heavy (non-hydrogen) atoms. The molecule has 1 fully saturated rings. The van der Waals surface area contributed by atoms with Gasteiger partial charge in [-0.1, -0.05) is 12.8 Å². The van der Waals surface area contributed by atoms with Gasteiger partial charge in [0.1, 0.15) is 0 Å². The zero-order chi connectivity index (χ0) is 16.5. The Morgan fingerprint density at radius 1 is 1.22 bits per heavy atom. The number of hydrogen-bond acceptors (Lipinski definition) is 2. The Kier molecular flexibility index (Phi) is 11.2. The standard InChI is InChI=1S/C15H28F3N3O.HI/c1-3-22-11-9-14(6-4-5-7-14)12-21-13(19-2)20-10-8-15(16,17)18;/h3-12H2,1-2H3,(H2,19,20,21);1H. The van der Waals surface area contributed by atoms with Crippen LogP contribution in [0.2, 0.25) is 0 Å². The van der Waals surface area contributed by atoms with Crippen LogP contribution in [-0.4, -0.2) is 45.5 Å². The zero-order valence-corrected chi connectivity index (χ0v) is 16.3. The van der Waals surface area contributed by atoms with Gasteiger partial charge < -0.3 is 15.4 Å². The van der Waals surface area contributed by atoms with Gasteiger partial charge in [-0.05, 0) is 31.6 Å². The maximum Gasteiger partial charge on any atom is 0.390 e. The third-order valence-electron chi connectivity index (χ3n) is 4.20. The molecule has 1 saturated carbocycles. The molecule has 4 nitrogen and oxygen atoms in total. The summed E-state index contributed by atoms with van der Waals surface area (Å²) in [5, 5.41) is 5.90. The molecule has 0 atom stereocenters. The molecule has 0 radical (unpaired) electrons. The van der Waals surface area contributed by atoms with Gasteiger partial charge in [0.25, 0.3) is 0 Å². The number of rotatable bonds is 8. The van der Waals surface area contributed by atoms with Gasteiger partial charge in [0, 0.05) is 33.4 Å². The Hall–Kier alpha value is -0.250. The van der Waals surface area contributed by atoms with Crippen molar-refractivity contribution in [2.75, 3.05) is 33.4 Å². The van der Waals surface area contributed by atoms with Crippen molar-refractivity contribution in [1.29, 1.82) is 0 Å². The molecule has 0 aromatic carbocycles. The van der Waals surface area contributed by atoms with Crippen molar-refractivity contribution in [3.63, 3.8) is 0 Å². The number of nitrogens with zero attached hydrogens (tertiary/aromatic N) is 1. The molecule has 0 aromatic heterocycles. The minimum atomic E-state index is -4.14. The molecule has 0 heterocycles. The van der Waals surface area contributed by atoms with Crippen molar-refractivity contribution in [1.82, 2.24) is 10.6 Å². The lowest BCUT2D eigenvalue weighted by atomic mass is 9.83. The summed E-state index contributed by atoms with van der Waals surface area (Å²) in [4.78, 5) is 3.99. The Labute approximate surface area is 154 Å². The number of alkyl halides is 3. The van der Waals surface area contributed by atoms with Gasteiger partial charge in [0.2, 0.25) is 0 Å². The second kappa shape index (κ2) is 11.3. The summed E-state index contributed by atoms with van der Waals surface area (Å²) in [6.07, 6.45) is 0.646. The third-order valence-corrected chi connectivity index (χ3v) is 4.20. The molecule has 0 amide bonds. The summed E-state index contributed by atoms with van der Waals surface area (Å²) in [5.41, 5.74) is 0.177. The molecule has 0 saturated heterocycles. The fourth-order valence-electron chi connectivity index (χ4n) is 2.89. The summed E-state index contributed by atoms with van der Waals surface area (Å²) in [7, 11) is 1.57. The van der Waals surface area contributed by atoms with Gasteiger partial charge in [0.05, 0.1) is 6.42 Å². The Balaban J connectivity index is 0.00000484. The second-order valence-electron chi connectivity index (χ2n) is 5.87. The third kappa shape index (κ3) is 9.59. The first kappa shape index (κ1) is 22.8. The monoisotopic (exact) mass is 451 g/mol. The van der Waals surface area contributed by atoms with E-state index in [4.69, 9.17) is 4.74 Å². The Bertz CT molecular complexity index is 345. The van der Waals surface area contributed by atoms with E-state index in [1.165, 1.54) is 12.8 Å². The number of halogens is 4. The molecule has 1 aliphatic carbocycles. The van der Waals surface area contributed by atoms with E-state index in [1.54, 1.807) is 7.05 Å². The van der Waals surface area contributed by atoms with Crippen molar-refractivity contribution in [3.8, 4) is 0 Å². The Morgan fingerprint density at radius 2 is 1.87 bits per heavy atom. The van der Waals surface area contributed by atoms with Crippen LogP contribution in [0.4, 0.5) is 13.2 Å². The van der Waals surface area contributed by atoms with E-state index in [2.05, 4.69) is 15.6 Å². The topological polar surface area (TPSA) is 45.6 Å². The average Bonchev–Trinajstić information content (AvgIpc) is 2.91. The quantitative estimate of drug-likeness (QED) is 0.256. The number of nitrogens with one attached hydrogen (secondary N) is 2. The molecular formula is C15H29F3IN3O. The van der Waals surface area contributed by atoms with E-state index < -0.39 is 12.6 Å². The number of aliphatic imine (C=N–C) groups is 1. The summed E-state index contributed by atoms with van der Waals surface area (Å²) in [6.45, 7) is 4.00. The van der Waals surface area contributed by atoms with Crippen molar-refractivity contribution < 1.29 is 17.9 Å². The first-order chi connectivity index (χ1) is 10.4. The van der Waals surface area contributed by atoms with Gasteiger partial charge in [0.15, 0.2) is 5.96 Å². The molecule has 0 bridgehead atoms. The predicted octanol–water partition coefficient (Wildman–Crippen LogP) is 3.71. The lowest BCUT2D eigenvalue weighted by Gasteiger charge is -2.30. The van der Waals surface area contributed by atoms with Crippen molar-refractivity contribution in [3.05, 3.63) is 0 Å². The van der Waals surface area contributed by atoms with E-state index in [-0.39, 0.29) is 35.9 Å². The number of ether oxygens (including phenoxy) is 1. The van der Waals surface area contributed by atoms with Crippen LogP contribution < -0.4 is 10.6 Å². The minimum absolute atomic E-state index is 0. The highest BCUT2D eigenvalue weighted by atomic mass is 127. The SMILES string of the molecule is CCOCCC1(CNC(=NC)NCCC(F)(F)F)CCCC1.I. The largest absolute Gasteiger partial charge is 0.390 e. The van der Waals surface area contributed by atoms with Crippen LogP contribution in [0.5, 0.6) is 0 Å². The van der Waals surface area contributed by atoms with E-state index in [0.717, 1.165) is 32.4 Å². The molecular weight excluding hydrogens is 422 g/mol. The molecule has 0 spiro atoms. The summed E-state index contributed by atoms with van der Waals surface area (Å²) in [5.74, 6) is 0.437. The first-order valence-corrected chi connectivity index (χ1v) is 8.00. The zero-order valence-electron chi connectivity index (χ0n) is 14.0. The van der Waals surface area contributed by atoms with E-state index in [9.17, 15) is 13.2 Å². The van der Waals surface area contributed by atoms with Crippen LogP contribution in [0.1, 0.15) is 45.4 Å². The van der Waals surface area contributed by atoms with Gasteiger partial charge in [-0.15, -0.1) is 24.0 Å². The lowest BCUT2D eigenvalue weighted by Crippen LogP contribution is -2.44. The average molecular weight is 451 g/mol. The van der Waals surface area contributed by atoms with Crippen LogP contribution in [0.15, 0.2) is 4.99 Å². The molecule has 138 valence electrons. The van der Waals surface area contributed by atoms with E-state index in [1.807, 2.05) is 6.92 Å². The molecule has 2 N–H and O–H groups in total. The van der Waals surface area contributed by atoms with Crippen LogP contribution in [0.25, 0.3) is 0 Å². The van der Waals surface area contributed by atoms with Crippen LogP contribution >= 0.6 is 24.0 Å². The van der Waals surface area contributed by atoms with Gasteiger partial charge >= 0.3 is 6.18 Å². The normalized spacial score (nSPS) is 17.7. The molecule has 1 aliphatic rings. The van der Waals surface area contributed by atoms with Gasteiger partial charge in [-0.3, -0.25) is 4.99 Å². The maximum absolute atomic E-state index is 12.2. The highest BCUT2D eigenvalue weighted by molar-refractivity contribution is 14.0.